The summed E-state index contributed by atoms with van der Waals surface area (Å²) in [5.41, 5.74) is -2.23. The highest BCUT2D eigenvalue weighted by Crippen LogP contribution is 2.35. The van der Waals surface area contributed by atoms with Gasteiger partial charge in [-0.3, -0.25) is 4.79 Å². The number of hydrogen-bond donors (Lipinski definition) is 1. The van der Waals surface area contributed by atoms with Crippen LogP contribution in [0.4, 0.5) is 13.2 Å². The summed E-state index contributed by atoms with van der Waals surface area (Å²) >= 11 is 11.5. The second kappa shape index (κ2) is 8.13. The first-order chi connectivity index (χ1) is 12.5. The van der Waals surface area contributed by atoms with Crippen molar-refractivity contribution in [2.45, 2.75) is 17.6 Å². The average molecular weight is 447 g/mol. The molecule has 0 saturated heterocycles. The van der Waals surface area contributed by atoms with Gasteiger partial charge in [-0.05, 0) is 12.1 Å². The van der Waals surface area contributed by atoms with E-state index in [9.17, 15) is 26.4 Å². The number of rotatable bonds is 6. The molecule has 1 heterocycles. The van der Waals surface area contributed by atoms with Crippen LogP contribution in [0.5, 0.6) is 0 Å². The highest BCUT2D eigenvalue weighted by atomic mass is 35.5. The predicted molar refractivity (Wildman–Crippen MR) is 89.3 cm³/mol. The predicted octanol–water partition coefficient (Wildman–Crippen LogP) is 2.65. The SMILES string of the molecule is O=C(CCS(=O)(=O)c1nc2cc(Cl)c(Cl)cc2nc1C(F)(F)F)OCCO. The van der Waals surface area contributed by atoms with Gasteiger partial charge in [0.15, 0.2) is 20.6 Å². The molecule has 7 nitrogen and oxygen atoms in total. The number of alkyl halides is 3. The molecule has 0 unspecified atom stereocenters. The van der Waals surface area contributed by atoms with Crippen molar-refractivity contribution in [3.63, 3.8) is 0 Å². The van der Waals surface area contributed by atoms with Gasteiger partial charge in [-0.25, -0.2) is 18.4 Å². The summed E-state index contributed by atoms with van der Waals surface area (Å²) in [4.78, 5) is 18.3. The van der Waals surface area contributed by atoms with Crippen LogP contribution in [0, 0.1) is 0 Å². The van der Waals surface area contributed by atoms with Crippen LogP contribution in [0.2, 0.25) is 10.0 Å². The minimum Gasteiger partial charge on any atom is -0.463 e. The molecule has 1 aromatic carbocycles. The second-order valence-corrected chi connectivity index (χ2v) is 7.98. The van der Waals surface area contributed by atoms with Crippen molar-refractivity contribution in [3.05, 3.63) is 27.9 Å². The average Bonchev–Trinajstić information content (AvgIpc) is 2.57. The number of aliphatic hydroxyl groups is 1. The summed E-state index contributed by atoms with van der Waals surface area (Å²) in [7, 11) is -4.64. The van der Waals surface area contributed by atoms with E-state index >= 15 is 0 Å². The van der Waals surface area contributed by atoms with E-state index in [0.29, 0.717) is 0 Å². The summed E-state index contributed by atoms with van der Waals surface area (Å²) in [5.74, 6) is -1.98. The van der Waals surface area contributed by atoms with Crippen molar-refractivity contribution < 1.29 is 36.2 Å². The quantitative estimate of drug-likeness (QED) is 0.679. The molecule has 0 atom stereocenters. The third kappa shape index (κ3) is 5.18. The van der Waals surface area contributed by atoms with Gasteiger partial charge in [0.1, 0.15) is 6.61 Å². The molecule has 2 rings (SSSR count). The van der Waals surface area contributed by atoms with Crippen LogP contribution in [0.15, 0.2) is 17.2 Å². The molecular weight excluding hydrogens is 436 g/mol. The molecule has 0 aliphatic rings. The van der Waals surface area contributed by atoms with E-state index in [1.165, 1.54) is 0 Å². The van der Waals surface area contributed by atoms with Crippen LogP contribution >= 0.6 is 23.2 Å². The van der Waals surface area contributed by atoms with Gasteiger partial charge in [-0.15, -0.1) is 0 Å². The minimum absolute atomic E-state index is 0.0471. The van der Waals surface area contributed by atoms with E-state index in [1.807, 2.05) is 0 Å². The van der Waals surface area contributed by atoms with Crippen molar-refractivity contribution in [3.8, 4) is 0 Å². The minimum atomic E-state index is -5.12. The number of benzene rings is 1. The first-order valence-electron chi connectivity index (χ1n) is 7.19. The zero-order valence-electron chi connectivity index (χ0n) is 13.3. The Morgan fingerprint density at radius 2 is 1.70 bits per heavy atom. The molecule has 0 aliphatic carbocycles. The van der Waals surface area contributed by atoms with E-state index in [1.54, 1.807) is 0 Å². The first-order valence-corrected chi connectivity index (χ1v) is 9.60. The van der Waals surface area contributed by atoms with E-state index in [-0.39, 0.29) is 27.7 Å². The highest BCUT2D eigenvalue weighted by molar-refractivity contribution is 7.91. The van der Waals surface area contributed by atoms with Crippen molar-refractivity contribution >= 4 is 50.0 Å². The molecule has 0 radical (unpaired) electrons. The van der Waals surface area contributed by atoms with Gasteiger partial charge < -0.3 is 9.84 Å². The van der Waals surface area contributed by atoms with Gasteiger partial charge in [-0.1, -0.05) is 23.2 Å². The Kier molecular flexibility index (Phi) is 6.51. The molecule has 1 N–H and O–H groups in total. The summed E-state index contributed by atoms with van der Waals surface area (Å²) in [6.45, 7) is -0.835. The Balaban J connectivity index is 2.51. The fourth-order valence-electron chi connectivity index (χ4n) is 1.98. The molecule has 0 amide bonds. The standard InChI is InChI=1S/C14H11Cl2F3N2O5S/c15-7-5-9-10(6-8(7)16)21-13(12(20-9)14(17,18)19)27(24,25)4-1-11(23)26-3-2-22/h5-6,22H,1-4H2. The maximum Gasteiger partial charge on any atom is 0.436 e. The molecule has 27 heavy (non-hydrogen) atoms. The van der Waals surface area contributed by atoms with Crippen LogP contribution in [0.25, 0.3) is 11.0 Å². The molecule has 0 bridgehead atoms. The van der Waals surface area contributed by atoms with Crippen LogP contribution in [0.3, 0.4) is 0 Å². The third-order valence-electron chi connectivity index (χ3n) is 3.17. The number of carbonyl (C=O) groups is 1. The lowest BCUT2D eigenvalue weighted by molar-refractivity contribution is -0.144. The molecule has 13 heteroatoms. The van der Waals surface area contributed by atoms with Gasteiger partial charge in [0.05, 0.1) is 39.9 Å². The van der Waals surface area contributed by atoms with Gasteiger partial charge in [0.25, 0.3) is 0 Å². The number of aromatic nitrogens is 2. The Morgan fingerprint density at radius 1 is 1.15 bits per heavy atom. The number of fused-ring (bicyclic) bond motifs is 1. The van der Waals surface area contributed by atoms with E-state index in [4.69, 9.17) is 28.3 Å². The number of nitrogens with zero attached hydrogens (tertiary/aromatic N) is 2. The molecule has 148 valence electrons. The first kappa shape index (κ1) is 21.6. The van der Waals surface area contributed by atoms with Gasteiger partial charge in [0, 0.05) is 0 Å². The van der Waals surface area contributed by atoms with Crippen molar-refractivity contribution in [1.29, 1.82) is 0 Å². The van der Waals surface area contributed by atoms with Crippen LogP contribution in [-0.2, 0) is 25.5 Å². The van der Waals surface area contributed by atoms with Crippen molar-refractivity contribution in [2.24, 2.45) is 0 Å². The molecule has 0 spiro atoms. The van der Waals surface area contributed by atoms with E-state index < -0.39 is 51.5 Å². The molecular formula is C14H11Cl2F3N2O5S. The molecule has 1 aromatic heterocycles. The maximum atomic E-state index is 13.3. The van der Waals surface area contributed by atoms with Crippen molar-refractivity contribution in [1.82, 2.24) is 9.97 Å². The van der Waals surface area contributed by atoms with Crippen LogP contribution < -0.4 is 0 Å². The Morgan fingerprint density at radius 3 is 2.22 bits per heavy atom. The second-order valence-electron chi connectivity index (χ2n) is 5.14. The monoisotopic (exact) mass is 446 g/mol. The fraction of sp³-hybridized carbons (Fsp3) is 0.357. The lowest BCUT2D eigenvalue weighted by Crippen LogP contribution is -2.21. The zero-order chi connectivity index (χ0) is 20.4. The number of sulfone groups is 1. The van der Waals surface area contributed by atoms with Crippen LogP contribution in [0.1, 0.15) is 12.1 Å². The summed E-state index contributed by atoms with van der Waals surface area (Å²) in [5, 5.41) is 7.09. The van der Waals surface area contributed by atoms with E-state index in [2.05, 4.69) is 14.7 Å². The normalized spacial score (nSPS) is 12.4. The molecule has 0 aliphatic heterocycles. The van der Waals surface area contributed by atoms with Gasteiger partial charge in [-0.2, -0.15) is 13.2 Å². The third-order valence-corrected chi connectivity index (χ3v) is 5.50. The summed E-state index contributed by atoms with van der Waals surface area (Å²) in [6, 6.07) is 2.12. The van der Waals surface area contributed by atoms with Crippen molar-refractivity contribution in [2.75, 3.05) is 19.0 Å². The topological polar surface area (TPSA) is 106 Å². The number of carbonyl (C=O) groups excluding carboxylic acids is 1. The van der Waals surface area contributed by atoms with E-state index in [0.717, 1.165) is 12.1 Å². The molecule has 0 saturated carbocycles. The summed E-state index contributed by atoms with van der Waals surface area (Å²) in [6.07, 6.45) is -5.84. The lowest BCUT2D eigenvalue weighted by Gasteiger charge is -2.13. The number of hydrogen-bond acceptors (Lipinski definition) is 7. The molecule has 2 aromatic rings. The Labute approximate surface area is 161 Å². The Hall–Kier alpha value is -1.69. The fourth-order valence-corrected chi connectivity index (χ4v) is 3.62. The number of halogens is 5. The zero-order valence-corrected chi connectivity index (χ0v) is 15.6. The summed E-state index contributed by atoms with van der Waals surface area (Å²) < 4.78 is 69.1. The maximum absolute atomic E-state index is 13.3. The van der Waals surface area contributed by atoms with Crippen LogP contribution in [-0.4, -0.2) is 48.4 Å². The molecule has 0 fully saturated rings. The number of esters is 1. The number of ether oxygens (including phenoxy) is 1. The Bertz CT molecular complexity index is 983. The van der Waals surface area contributed by atoms with Gasteiger partial charge >= 0.3 is 12.1 Å². The van der Waals surface area contributed by atoms with Gasteiger partial charge in [0.2, 0.25) is 0 Å². The smallest absolute Gasteiger partial charge is 0.436 e. The lowest BCUT2D eigenvalue weighted by atomic mass is 10.3. The highest BCUT2D eigenvalue weighted by Gasteiger charge is 2.41. The largest absolute Gasteiger partial charge is 0.463 e. The number of aliphatic hydroxyl groups excluding tert-OH is 1.